The van der Waals surface area contributed by atoms with Crippen molar-refractivity contribution in [3.63, 3.8) is 0 Å². The van der Waals surface area contributed by atoms with Crippen LogP contribution in [0.3, 0.4) is 0 Å². The average Bonchev–Trinajstić information content (AvgIpc) is 2.50. The lowest BCUT2D eigenvalue weighted by molar-refractivity contribution is -0.146. The summed E-state index contributed by atoms with van der Waals surface area (Å²) in [7, 11) is 1.40. The maximum Gasteiger partial charge on any atom is 0.308 e. The van der Waals surface area contributed by atoms with Gasteiger partial charge in [-0.05, 0) is 42.9 Å². The monoisotopic (exact) mass is 234 g/mol. The van der Waals surface area contributed by atoms with Crippen LogP contribution in [0.5, 0.6) is 0 Å². The summed E-state index contributed by atoms with van der Waals surface area (Å²) in [6, 6.07) is 5.95. The number of rotatable bonds is 1. The van der Waals surface area contributed by atoms with Crippen LogP contribution in [0.1, 0.15) is 35.6 Å². The Labute approximate surface area is 101 Å². The van der Waals surface area contributed by atoms with E-state index in [-0.39, 0.29) is 11.9 Å². The van der Waals surface area contributed by atoms with Crippen LogP contribution in [0.2, 0.25) is 0 Å². The number of methoxy groups -OCH3 is 1. The van der Waals surface area contributed by atoms with Crippen molar-refractivity contribution >= 4 is 5.97 Å². The molecule has 0 saturated carbocycles. The molecule has 0 aromatic heterocycles. The van der Waals surface area contributed by atoms with Crippen molar-refractivity contribution in [2.75, 3.05) is 7.11 Å². The largest absolute Gasteiger partial charge is 0.469 e. The van der Waals surface area contributed by atoms with E-state index in [9.17, 15) is 9.90 Å². The Morgan fingerprint density at radius 1 is 1.47 bits per heavy atom. The van der Waals surface area contributed by atoms with Crippen LogP contribution in [0.25, 0.3) is 0 Å². The highest BCUT2D eigenvalue weighted by atomic mass is 16.5. The molecule has 1 aliphatic rings. The highest BCUT2D eigenvalue weighted by molar-refractivity contribution is 5.72. The molecule has 0 aliphatic heterocycles. The fourth-order valence-electron chi connectivity index (χ4n) is 2.59. The van der Waals surface area contributed by atoms with Gasteiger partial charge < -0.3 is 9.84 Å². The molecule has 0 unspecified atom stereocenters. The molecule has 3 heteroatoms. The second-order valence-electron chi connectivity index (χ2n) is 4.65. The molecular formula is C14H18O3. The molecule has 17 heavy (non-hydrogen) atoms. The number of hydrogen-bond acceptors (Lipinski definition) is 3. The summed E-state index contributed by atoms with van der Waals surface area (Å²) in [4.78, 5) is 11.6. The number of hydrogen-bond donors (Lipinski definition) is 1. The van der Waals surface area contributed by atoms with Gasteiger partial charge in [0.25, 0.3) is 0 Å². The molecule has 0 bridgehead atoms. The number of aryl methyl sites for hydroxylation is 1. The SMILES string of the molecule is COC(=O)[C@@H]1CCc2c(C)cccc2[C@@H](O)C1. The van der Waals surface area contributed by atoms with Gasteiger partial charge in [0.15, 0.2) is 0 Å². The standard InChI is InChI=1S/C14H18O3/c1-9-4-3-5-12-11(9)7-6-10(8-13(12)15)14(16)17-2/h3-5,10,13,15H,6-8H2,1-2H3/t10-,13+/m1/s1. The Hall–Kier alpha value is -1.35. The van der Waals surface area contributed by atoms with E-state index in [1.54, 1.807) is 0 Å². The topological polar surface area (TPSA) is 46.5 Å². The van der Waals surface area contributed by atoms with E-state index in [4.69, 9.17) is 4.74 Å². The maximum absolute atomic E-state index is 11.6. The summed E-state index contributed by atoms with van der Waals surface area (Å²) in [5.41, 5.74) is 3.34. The summed E-state index contributed by atoms with van der Waals surface area (Å²) >= 11 is 0. The predicted molar refractivity (Wildman–Crippen MR) is 64.6 cm³/mol. The second-order valence-corrected chi connectivity index (χ2v) is 4.65. The van der Waals surface area contributed by atoms with Crippen LogP contribution in [-0.4, -0.2) is 18.2 Å². The minimum absolute atomic E-state index is 0.193. The van der Waals surface area contributed by atoms with Crippen LogP contribution < -0.4 is 0 Å². The lowest BCUT2D eigenvalue weighted by atomic mass is 9.97. The van der Waals surface area contributed by atoms with Gasteiger partial charge in [0, 0.05) is 0 Å². The first kappa shape index (κ1) is 12.1. The number of aliphatic hydroxyl groups is 1. The number of benzene rings is 1. The molecule has 0 heterocycles. The first-order chi connectivity index (χ1) is 8.13. The molecular weight excluding hydrogens is 216 g/mol. The quantitative estimate of drug-likeness (QED) is 0.598. The molecule has 2 atom stereocenters. The molecule has 0 saturated heterocycles. The third kappa shape index (κ3) is 2.34. The zero-order chi connectivity index (χ0) is 12.4. The summed E-state index contributed by atoms with van der Waals surface area (Å²) in [6.45, 7) is 2.05. The Balaban J connectivity index is 2.29. The summed E-state index contributed by atoms with van der Waals surface area (Å²) < 4.78 is 4.77. The Bertz CT molecular complexity index is 425. The van der Waals surface area contributed by atoms with Crippen molar-refractivity contribution in [2.24, 2.45) is 5.92 Å². The molecule has 0 fully saturated rings. The number of esters is 1. The Morgan fingerprint density at radius 3 is 2.94 bits per heavy atom. The first-order valence-electron chi connectivity index (χ1n) is 5.97. The van der Waals surface area contributed by atoms with E-state index in [1.165, 1.54) is 18.2 Å². The lowest BCUT2D eigenvalue weighted by Crippen LogP contribution is -2.17. The van der Waals surface area contributed by atoms with Crippen molar-refractivity contribution in [1.82, 2.24) is 0 Å². The van der Waals surface area contributed by atoms with E-state index < -0.39 is 6.10 Å². The van der Waals surface area contributed by atoms with Crippen molar-refractivity contribution in [3.05, 3.63) is 34.9 Å². The predicted octanol–water partition coefficient (Wildman–Crippen LogP) is 2.15. The molecule has 1 N–H and O–H groups in total. The minimum atomic E-state index is -0.559. The fourth-order valence-corrected chi connectivity index (χ4v) is 2.59. The molecule has 0 amide bonds. The van der Waals surface area contributed by atoms with Gasteiger partial charge in [-0.25, -0.2) is 0 Å². The molecule has 0 spiro atoms. The third-order valence-electron chi connectivity index (χ3n) is 3.59. The van der Waals surface area contributed by atoms with Gasteiger partial charge in [-0.2, -0.15) is 0 Å². The van der Waals surface area contributed by atoms with Crippen LogP contribution in [-0.2, 0) is 16.0 Å². The van der Waals surface area contributed by atoms with Crippen molar-refractivity contribution in [1.29, 1.82) is 0 Å². The van der Waals surface area contributed by atoms with Crippen LogP contribution in [0.4, 0.5) is 0 Å². The summed E-state index contributed by atoms with van der Waals surface area (Å²) in [5, 5.41) is 10.2. The van der Waals surface area contributed by atoms with Gasteiger partial charge in [0.05, 0.1) is 19.1 Å². The zero-order valence-electron chi connectivity index (χ0n) is 10.3. The summed E-state index contributed by atoms with van der Waals surface area (Å²) in [5.74, 6) is -0.406. The minimum Gasteiger partial charge on any atom is -0.469 e. The van der Waals surface area contributed by atoms with Gasteiger partial charge in [0.2, 0.25) is 0 Å². The molecule has 92 valence electrons. The third-order valence-corrected chi connectivity index (χ3v) is 3.59. The highest BCUT2D eigenvalue weighted by Crippen LogP contribution is 2.33. The Kier molecular flexibility index (Phi) is 3.48. The van der Waals surface area contributed by atoms with E-state index >= 15 is 0 Å². The number of fused-ring (bicyclic) bond motifs is 1. The molecule has 0 radical (unpaired) electrons. The molecule has 1 aromatic rings. The molecule has 1 aliphatic carbocycles. The van der Waals surface area contributed by atoms with Gasteiger partial charge in [-0.1, -0.05) is 18.2 Å². The summed E-state index contributed by atoms with van der Waals surface area (Å²) in [6.07, 6.45) is 1.49. The second kappa shape index (κ2) is 4.88. The van der Waals surface area contributed by atoms with Crippen molar-refractivity contribution < 1.29 is 14.6 Å². The van der Waals surface area contributed by atoms with Gasteiger partial charge >= 0.3 is 5.97 Å². The molecule has 1 aromatic carbocycles. The van der Waals surface area contributed by atoms with Gasteiger partial charge in [0.1, 0.15) is 0 Å². The van der Waals surface area contributed by atoms with Gasteiger partial charge in [-0.15, -0.1) is 0 Å². The number of aliphatic hydroxyl groups excluding tert-OH is 1. The van der Waals surface area contributed by atoms with Crippen LogP contribution >= 0.6 is 0 Å². The van der Waals surface area contributed by atoms with Crippen LogP contribution in [0.15, 0.2) is 18.2 Å². The van der Waals surface area contributed by atoms with Crippen LogP contribution in [0, 0.1) is 12.8 Å². The van der Waals surface area contributed by atoms with Crippen molar-refractivity contribution in [2.45, 2.75) is 32.3 Å². The first-order valence-corrected chi connectivity index (χ1v) is 5.97. The Morgan fingerprint density at radius 2 is 2.24 bits per heavy atom. The molecule has 3 nitrogen and oxygen atoms in total. The highest BCUT2D eigenvalue weighted by Gasteiger charge is 2.28. The normalized spacial score (nSPS) is 23.7. The van der Waals surface area contributed by atoms with E-state index in [1.807, 2.05) is 25.1 Å². The average molecular weight is 234 g/mol. The van der Waals surface area contributed by atoms with Gasteiger partial charge in [-0.3, -0.25) is 4.79 Å². The van der Waals surface area contributed by atoms with E-state index in [0.717, 1.165) is 18.4 Å². The number of ether oxygens (including phenoxy) is 1. The lowest BCUT2D eigenvalue weighted by Gasteiger charge is -2.15. The maximum atomic E-state index is 11.6. The smallest absolute Gasteiger partial charge is 0.308 e. The van der Waals surface area contributed by atoms with E-state index in [0.29, 0.717) is 6.42 Å². The zero-order valence-corrected chi connectivity index (χ0v) is 10.3. The number of carbonyl (C=O) groups is 1. The fraction of sp³-hybridized carbons (Fsp3) is 0.500. The molecule has 2 rings (SSSR count). The van der Waals surface area contributed by atoms with E-state index in [2.05, 4.69) is 0 Å². The number of carbonyl (C=O) groups excluding carboxylic acids is 1. The van der Waals surface area contributed by atoms with Crippen molar-refractivity contribution in [3.8, 4) is 0 Å².